The number of hydrogen-bond acceptors (Lipinski definition) is 1. The molecule has 11 rings (SSSR count). The van der Waals surface area contributed by atoms with Crippen LogP contribution in [-0.2, 0) is 0 Å². The van der Waals surface area contributed by atoms with Gasteiger partial charge in [-0.25, -0.2) is 0 Å². The molecule has 232 valence electrons. The van der Waals surface area contributed by atoms with Crippen LogP contribution in [0.5, 0.6) is 0 Å². The molecule has 0 aliphatic rings. The van der Waals surface area contributed by atoms with E-state index < -0.39 is 0 Å². The average Bonchev–Trinajstić information content (AvgIpc) is 3.83. The Morgan fingerprint density at radius 3 is 1.72 bits per heavy atom. The smallest absolute Gasteiger partial charge is 0.0724 e. The van der Waals surface area contributed by atoms with Crippen LogP contribution in [0.15, 0.2) is 176 Å². The van der Waals surface area contributed by atoms with Gasteiger partial charge in [-0.2, -0.15) is 0 Å². The Kier molecular flexibility index (Phi) is 5.67. The van der Waals surface area contributed by atoms with Gasteiger partial charge in [0.2, 0.25) is 0 Å². The van der Waals surface area contributed by atoms with Gasteiger partial charge in [-0.3, -0.25) is 4.98 Å². The molecule has 0 bridgehead atoms. The summed E-state index contributed by atoms with van der Waals surface area (Å²) in [5.41, 5.74) is 14.5. The number of benzene rings is 7. The molecule has 7 aromatic carbocycles. The molecule has 0 fully saturated rings. The van der Waals surface area contributed by atoms with Gasteiger partial charge in [-0.05, 0) is 100 Å². The molecule has 50 heavy (non-hydrogen) atoms. The van der Waals surface area contributed by atoms with E-state index in [1.54, 1.807) is 0 Å². The van der Waals surface area contributed by atoms with E-state index in [9.17, 15) is 0 Å². The van der Waals surface area contributed by atoms with Crippen LogP contribution in [0.4, 0.5) is 0 Å². The topological polar surface area (TPSA) is 22.2 Å². The summed E-state index contributed by atoms with van der Waals surface area (Å²) in [6, 6.07) is 59.8. The molecule has 0 unspecified atom stereocenters. The summed E-state index contributed by atoms with van der Waals surface area (Å²) in [6.45, 7) is 0. The second-order valence-electron chi connectivity index (χ2n) is 13.2. The maximum Gasteiger partial charge on any atom is 0.0724 e. The zero-order valence-corrected chi connectivity index (χ0v) is 27.1. The van der Waals surface area contributed by atoms with Crippen LogP contribution < -0.4 is 0 Å². The third-order valence-corrected chi connectivity index (χ3v) is 10.5. The number of hydrogen-bond donors (Lipinski definition) is 0. The Hall–Kier alpha value is -6.71. The lowest BCUT2D eigenvalue weighted by Gasteiger charge is -2.09. The predicted molar refractivity (Wildman–Crippen MR) is 210 cm³/mol. The average molecular weight is 636 g/mol. The highest BCUT2D eigenvalue weighted by Crippen LogP contribution is 2.44. The van der Waals surface area contributed by atoms with Crippen molar-refractivity contribution in [2.45, 2.75) is 0 Å². The molecule has 0 amide bonds. The minimum absolute atomic E-state index is 1.11. The van der Waals surface area contributed by atoms with Gasteiger partial charge in [0.25, 0.3) is 0 Å². The molecule has 0 radical (unpaired) electrons. The first kappa shape index (κ1) is 27.3. The second-order valence-corrected chi connectivity index (χ2v) is 13.2. The van der Waals surface area contributed by atoms with E-state index in [1.165, 1.54) is 87.8 Å². The van der Waals surface area contributed by atoms with Crippen molar-refractivity contribution in [1.29, 1.82) is 0 Å². The summed E-state index contributed by atoms with van der Waals surface area (Å²) in [5, 5.41) is 7.55. The van der Waals surface area contributed by atoms with Gasteiger partial charge in [0.05, 0.1) is 33.8 Å². The third-order valence-electron chi connectivity index (χ3n) is 10.5. The van der Waals surface area contributed by atoms with E-state index in [1.807, 2.05) is 12.4 Å². The van der Waals surface area contributed by atoms with Gasteiger partial charge >= 0.3 is 0 Å². The van der Waals surface area contributed by atoms with Crippen LogP contribution in [0, 0.1) is 0 Å². The second kappa shape index (κ2) is 10.4. The first-order valence-electron chi connectivity index (χ1n) is 17.1. The molecule has 0 aliphatic carbocycles. The Labute approximate surface area is 288 Å². The van der Waals surface area contributed by atoms with Crippen molar-refractivity contribution < 1.29 is 0 Å². The highest BCUT2D eigenvalue weighted by atomic mass is 15.0. The molecule has 0 N–H and O–H groups in total. The molecule has 0 saturated carbocycles. The SMILES string of the molecule is c1ccc(-c2cccc(-c3ccc4c(c3)c3cc(-c5ccc6c(c5)c5ccncc5n6-c5ccccc5)cc5c6ccccc6n4c53)c2)cc1. The summed E-state index contributed by atoms with van der Waals surface area (Å²) in [4.78, 5) is 4.51. The van der Waals surface area contributed by atoms with Crippen molar-refractivity contribution in [2.24, 2.45) is 0 Å². The summed E-state index contributed by atoms with van der Waals surface area (Å²) in [5.74, 6) is 0. The van der Waals surface area contributed by atoms with Crippen molar-refractivity contribution in [3.8, 4) is 39.1 Å². The van der Waals surface area contributed by atoms with Crippen molar-refractivity contribution in [2.75, 3.05) is 0 Å². The Bertz CT molecular complexity index is 3080. The maximum absolute atomic E-state index is 4.51. The van der Waals surface area contributed by atoms with E-state index >= 15 is 0 Å². The molecule has 0 aliphatic heterocycles. The molecule has 0 saturated heterocycles. The number of rotatable bonds is 4. The number of para-hydroxylation sites is 2. The van der Waals surface area contributed by atoms with Crippen molar-refractivity contribution in [3.05, 3.63) is 176 Å². The summed E-state index contributed by atoms with van der Waals surface area (Å²) in [7, 11) is 0. The van der Waals surface area contributed by atoms with Crippen molar-refractivity contribution in [3.63, 3.8) is 0 Å². The Morgan fingerprint density at radius 2 is 0.900 bits per heavy atom. The Balaban J connectivity index is 1.15. The lowest BCUT2D eigenvalue weighted by Crippen LogP contribution is -1.93. The van der Waals surface area contributed by atoms with Gasteiger partial charge in [-0.15, -0.1) is 0 Å². The third kappa shape index (κ3) is 3.89. The monoisotopic (exact) mass is 635 g/mol. The molecule has 0 spiro atoms. The molecule has 4 heterocycles. The summed E-state index contributed by atoms with van der Waals surface area (Å²) < 4.78 is 4.79. The van der Waals surface area contributed by atoms with E-state index in [0.717, 1.165) is 11.2 Å². The molecular formula is C47H29N3. The van der Waals surface area contributed by atoms with Gasteiger partial charge in [0, 0.05) is 44.2 Å². The lowest BCUT2D eigenvalue weighted by atomic mass is 9.96. The quantitative estimate of drug-likeness (QED) is 0.189. The standard InChI is InChI=1S/C47H29N3/c1-3-10-30(11-4-1)31-12-9-13-32(24-31)33-18-21-45-40(25-33)42-28-35(27-41-37-16-7-8-17-43(37)50(45)47(41)42)34-19-20-44-39(26-34)38-22-23-48-29-46(38)49(44)36-14-5-2-6-15-36/h1-29H. The van der Waals surface area contributed by atoms with Crippen LogP contribution in [0.25, 0.3) is 99.0 Å². The van der Waals surface area contributed by atoms with Crippen molar-refractivity contribution >= 4 is 59.9 Å². The van der Waals surface area contributed by atoms with Gasteiger partial charge < -0.3 is 8.97 Å². The lowest BCUT2D eigenvalue weighted by molar-refractivity contribution is 1.17. The van der Waals surface area contributed by atoms with E-state index in [2.05, 4.69) is 178 Å². The fourth-order valence-corrected chi connectivity index (χ4v) is 8.26. The minimum Gasteiger partial charge on any atom is -0.308 e. The zero-order valence-electron chi connectivity index (χ0n) is 27.1. The van der Waals surface area contributed by atoms with Gasteiger partial charge in [0.1, 0.15) is 0 Å². The number of fused-ring (bicyclic) bond motifs is 9. The molecular weight excluding hydrogens is 607 g/mol. The summed E-state index contributed by atoms with van der Waals surface area (Å²) in [6.07, 6.45) is 3.88. The molecule has 4 aromatic heterocycles. The fraction of sp³-hybridized carbons (Fsp3) is 0. The highest BCUT2D eigenvalue weighted by Gasteiger charge is 2.20. The van der Waals surface area contributed by atoms with Crippen LogP contribution >= 0.6 is 0 Å². The predicted octanol–water partition coefficient (Wildman–Crippen LogP) is 12.3. The molecule has 11 aromatic rings. The first-order chi connectivity index (χ1) is 24.8. The van der Waals surface area contributed by atoms with Crippen LogP contribution in [-0.4, -0.2) is 14.0 Å². The largest absolute Gasteiger partial charge is 0.308 e. The van der Waals surface area contributed by atoms with Gasteiger partial charge in [0.15, 0.2) is 0 Å². The molecule has 0 atom stereocenters. The number of pyridine rings is 1. The van der Waals surface area contributed by atoms with Crippen LogP contribution in [0.2, 0.25) is 0 Å². The van der Waals surface area contributed by atoms with E-state index in [0.29, 0.717) is 0 Å². The minimum atomic E-state index is 1.11. The number of nitrogens with zero attached hydrogens (tertiary/aromatic N) is 3. The van der Waals surface area contributed by atoms with Gasteiger partial charge in [-0.1, -0.05) is 97.1 Å². The molecule has 3 nitrogen and oxygen atoms in total. The normalized spacial score (nSPS) is 12.0. The molecule has 3 heteroatoms. The van der Waals surface area contributed by atoms with Crippen LogP contribution in [0.3, 0.4) is 0 Å². The number of aromatic nitrogens is 3. The van der Waals surface area contributed by atoms with Crippen molar-refractivity contribution in [1.82, 2.24) is 14.0 Å². The van der Waals surface area contributed by atoms with E-state index in [4.69, 9.17) is 0 Å². The highest BCUT2D eigenvalue weighted by molar-refractivity contribution is 6.25. The Morgan fingerprint density at radius 1 is 0.340 bits per heavy atom. The van der Waals surface area contributed by atoms with Crippen LogP contribution in [0.1, 0.15) is 0 Å². The zero-order chi connectivity index (χ0) is 32.8. The first-order valence-corrected chi connectivity index (χ1v) is 17.1. The van der Waals surface area contributed by atoms with E-state index in [-0.39, 0.29) is 0 Å². The summed E-state index contributed by atoms with van der Waals surface area (Å²) >= 11 is 0. The fourth-order valence-electron chi connectivity index (χ4n) is 8.26. The maximum atomic E-state index is 4.51.